The topological polar surface area (TPSA) is 134 Å². The number of amides is 3. The average Bonchev–Trinajstić information content (AvgIpc) is 2.43. The minimum atomic E-state index is -1.22. The standard InChI is InChI=1S/C13H18N4O4/c1-8(9-4-6-15-7-5-9)16-13(21)17-10(12(19)20)2-3-11(14)18/h4-8,10H,2-3H2,1H3,(H2,14,18)(H,19,20)(H2,16,17,21)/t8?,10-/m0/s1. The number of nitrogens with one attached hydrogen (secondary N) is 2. The zero-order valence-corrected chi connectivity index (χ0v) is 11.6. The molecule has 114 valence electrons. The van der Waals surface area contributed by atoms with Gasteiger partial charge in [-0.15, -0.1) is 0 Å². The van der Waals surface area contributed by atoms with Crippen LogP contribution in [0.25, 0.3) is 0 Å². The largest absolute Gasteiger partial charge is 0.480 e. The molecule has 0 aliphatic carbocycles. The van der Waals surface area contributed by atoms with Crippen molar-refractivity contribution in [2.24, 2.45) is 5.73 Å². The SMILES string of the molecule is CC(NC(=O)N[C@@H](CCC(N)=O)C(=O)O)c1ccncc1. The number of pyridine rings is 1. The molecule has 0 saturated carbocycles. The number of carboxylic acids is 1. The average molecular weight is 294 g/mol. The lowest BCUT2D eigenvalue weighted by atomic mass is 10.1. The summed E-state index contributed by atoms with van der Waals surface area (Å²) in [7, 11) is 0. The maximum atomic E-state index is 11.8. The Bertz CT molecular complexity index is 506. The van der Waals surface area contributed by atoms with Gasteiger partial charge in [-0.05, 0) is 31.0 Å². The highest BCUT2D eigenvalue weighted by atomic mass is 16.4. The van der Waals surface area contributed by atoms with Crippen LogP contribution in [0.4, 0.5) is 4.79 Å². The highest BCUT2D eigenvalue weighted by Crippen LogP contribution is 2.09. The van der Waals surface area contributed by atoms with Crippen molar-refractivity contribution < 1.29 is 19.5 Å². The summed E-state index contributed by atoms with van der Waals surface area (Å²) >= 11 is 0. The number of nitrogens with two attached hydrogens (primary N) is 1. The number of hydrogen-bond acceptors (Lipinski definition) is 4. The fourth-order valence-electron chi connectivity index (χ4n) is 1.68. The summed E-state index contributed by atoms with van der Waals surface area (Å²) in [6.45, 7) is 1.76. The summed E-state index contributed by atoms with van der Waals surface area (Å²) in [5, 5.41) is 13.9. The van der Waals surface area contributed by atoms with Crippen LogP contribution in [0.3, 0.4) is 0 Å². The molecule has 1 aromatic heterocycles. The van der Waals surface area contributed by atoms with Crippen molar-refractivity contribution in [3.8, 4) is 0 Å². The lowest BCUT2D eigenvalue weighted by molar-refractivity contribution is -0.139. The van der Waals surface area contributed by atoms with Gasteiger partial charge in [0.1, 0.15) is 6.04 Å². The van der Waals surface area contributed by atoms with Crippen LogP contribution in [0.2, 0.25) is 0 Å². The van der Waals surface area contributed by atoms with E-state index in [1.165, 1.54) is 0 Å². The van der Waals surface area contributed by atoms with Crippen LogP contribution in [-0.4, -0.2) is 34.0 Å². The van der Waals surface area contributed by atoms with Gasteiger partial charge in [0.15, 0.2) is 0 Å². The van der Waals surface area contributed by atoms with Crippen LogP contribution in [-0.2, 0) is 9.59 Å². The Labute approximate surface area is 121 Å². The molecule has 0 aliphatic rings. The fraction of sp³-hybridized carbons (Fsp3) is 0.385. The van der Waals surface area contributed by atoms with Crippen molar-refractivity contribution in [1.82, 2.24) is 15.6 Å². The van der Waals surface area contributed by atoms with Crippen molar-refractivity contribution in [1.29, 1.82) is 0 Å². The zero-order chi connectivity index (χ0) is 15.8. The van der Waals surface area contributed by atoms with Gasteiger partial charge in [0, 0.05) is 18.8 Å². The van der Waals surface area contributed by atoms with Gasteiger partial charge in [-0.2, -0.15) is 0 Å². The second-order valence-electron chi connectivity index (χ2n) is 4.52. The summed E-state index contributed by atoms with van der Waals surface area (Å²) < 4.78 is 0. The summed E-state index contributed by atoms with van der Waals surface area (Å²) in [6.07, 6.45) is 3.02. The molecule has 21 heavy (non-hydrogen) atoms. The Morgan fingerprint density at radius 1 is 1.29 bits per heavy atom. The molecular weight excluding hydrogens is 276 g/mol. The number of urea groups is 1. The maximum absolute atomic E-state index is 11.8. The molecule has 2 atom stereocenters. The van der Waals surface area contributed by atoms with E-state index in [0.29, 0.717) is 0 Å². The van der Waals surface area contributed by atoms with Crippen LogP contribution in [0, 0.1) is 0 Å². The molecule has 0 radical (unpaired) electrons. The molecule has 0 spiro atoms. The van der Waals surface area contributed by atoms with Crippen LogP contribution in [0.1, 0.15) is 31.4 Å². The molecule has 1 unspecified atom stereocenters. The molecule has 0 aliphatic heterocycles. The highest BCUT2D eigenvalue weighted by Gasteiger charge is 2.21. The minimum Gasteiger partial charge on any atom is -0.480 e. The molecule has 5 N–H and O–H groups in total. The summed E-state index contributed by atoms with van der Waals surface area (Å²) in [5.74, 6) is -1.84. The molecule has 8 nitrogen and oxygen atoms in total. The third-order valence-corrected chi connectivity index (χ3v) is 2.84. The smallest absolute Gasteiger partial charge is 0.326 e. The number of primary amides is 1. The van der Waals surface area contributed by atoms with E-state index in [1.54, 1.807) is 31.5 Å². The van der Waals surface area contributed by atoms with Crippen molar-refractivity contribution in [2.75, 3.05) is 0 Å². The van der Waals surface area contributed by atoms with Gasteiger partial charge in [-0.3, -0.25) is 9.78 Å². The van der Waals surface area contributed by atoms with E-state index >= 15 is 0 Å². The predicted octanol–water partition coefficient (Wildman–Crippen LogP) is 0.161. The molecule has 8 heteroatoms. The number of hydrogen-bond donors (Lipinski definition) is 4. The van der Waals surface area contributed by atoms with E-state index in [9.17, 15) is 14.4 Å². The molecule has 0 fully saturated rings. The first kappa shape index (κ1) is 16.4. The Morgan fingerprint density at radius 3 is 2.43 bits per heavy atom. The fourth-order valence-corrected chi connectivity index (χ4v) is 1.68. The minimum absolute atomic E-state index is 0.0538. The molecule has 0 saturated heterocycles. The maximum Gasteiger partial charge on any atom is 0.326 e. The third kappa shape index (κ3) is 5.89. The normalized spacial score (nSPS) is 13.0. The molecule has 1 rings (SSSR count). The summed E-state index contributed by atoms with van der Waals surface area (Å²) in [6, 6.07) is 1.39. The first-order valence-corrected chi connectivity index (χ1v) is 6.38. The first-order valence-electron chi connectivity index (χ1n) is 6.38. The Hall–Kier alpha value is -2.64. The summed E-state index contributed by atoms with van der Waals surface area (Å²) in [5.41, 5.74) is 5.80. The number of nitrogens with zero attached hydrogens (tertiary/aromatic N) is 1. The second-order valence-corrected chi connectivity index (χ2v) is 4.52. The first-order chi connectivity index (χ1) is 9.90. The molecular formula is C13H18N4O4. The Morgan fingerprint density at radius 2 is 1.90 bits per heavy atom. The number of carbonyl (C=O) groups excluding carboxylic acids is 2. The molecule has 0 aromatic carbocycles. The third-order valence-electron chi connectivity index (χ3n) is 2.84. The molecule has 1 aromatic rings. The van der Waals surface area contributed by atoms with E-state index in [4.69, 9.17) is 10.8 Å². The quantitative estimate of drug-likeness (QED) is 0.568. The van der Waals surface area contributed by atoms with Gasteiger partial charge in [0.2, 0.25) is 5.91 Å². The highest BCUT2D eigenvalue weighted by molar-refractivity contribution is 5.83. The number of carbonyl (C=O) groups is 3. The summed E-state index contributed by atoms with van der Waals surface area (Å²) in [4.78, 5) is 37.3. The van der Waals surface area contributed by atoms with E-state index in [-0.39, 0.29) is 18.9 Å². The zero-order valence-electron chi connectivity index (χ0n) is 11.6. The van der Waals surface area contributed by atoms with E-state index < -0.39 is 23.9 Å². The van der Waals surface area contributed by atoms with Crippen LogP contribution >= 0.6 is 0 Å². The van der Waals surface area contributed by atoms with Crippen molar-refractivity contribution in [2.45, 2.75) is 31.8 Å². The number of aliphatic carboxylic acids is 1. The number of aromatic nitrogens is 1. The van der Waals surface area contributed by atoms with Crippen molar-refractivity contribution in [3.05, 3.63) is 30.1 Å². The van der Waals surface area contributed by atoms with Crippen molar-refractivity contribution in [3.63, 3.8) is 0 Å². The molecule has 1 heterocycles. The number of rotatable bonds is 7. The van der Waals surface area contributed by atoms with E-state index in [2.05, 4.69) is 15.6 Å². The van der Waals surface area contributed by atoms with Gasteiger partial charge in [0.25, 0.3) is 0 Å². The Kier molecular flexibility index (Phi) is 6.12. The van der Waals surface area contributed by atoms with E-state index in [1.807, 2.05) is 0 Å². The van der Waals surface area contributed by atoms with Crippen LogP contribution in [0.15, 0.2) is 24.5 Å². The van der Waals surface area contributed by atoms with Crippen LogP contribution in [0.5, 0.6) is 0 Å². The second kappa shape index (κ2) is 7.83. The van der Waals surface area contributed by atoms with Gasteiger partial charge in [0.05, 0.1) is 6.04 Å². The van der Waals surface area contributed by atoms with Gasteiger partial charge < -0.3 is 21.5 Å². The van der Waals surface area contributed by atoms with Gasteiger partial charge >= 0.3 is 12.0 Å². The van der Waals surface area contributed by atoms with Gasteiger partial charge in [-0.25, -0.2) is 9.59 Å². The van der Waals surface area contributed by atoms with Crippen LogP contribution < -0.4 is 16.4 Å². The molecule has 3 amide bonds. The predicted molar refractivity (Wildman–Crippen MR) is 74.2 cm³/mol. The van der Waals surface area contributed by atoms with Gasteiger partial charge in [-0.1, -0.05) is 0 Å². The monoisotopic (exact) mass is 294 g/mol. The molecule has 0 bridgehead atoms. The van der Waals surface area contributed by atoms with Crippen molar-refractivity contribution >= 4 is 17.9 Å². The van der Waals surface area contributed by atoms with E-state index in [0.717, 1.165) is 5.56 Å². The Balaban J connectivity index is 2.54. The number of carboxylic acid groups (broad SMARTS) is 1. The lowest BCUT2D eigenvalue weighted by Gasteiger charge is -2.18. The lowest BCUT2D eigenvalue weighted by Crippen LogP contribution is -2.46.